The van der Waals surface area contributed by atoms with Gasteiger partial charge in [0.1, 0.15) is 5.76 Å². The summed E-state index contributed by atoms with van der Waals surface area (Å²) in [4.78, 5) is 18.6. The zero-order valence-electron chi connectivity index (χ0n) is 13.3. The van der Waals surface area contributed by atoms with Crippen molar-refractivity contribution in [3.05, 3.63) is 60.3 Å². The molecule has 0 aliphatic carbocycles. The number of furan rings is 1. The van der Waals surface area contributed by atoms with Crippen molar-refractivity contribution in [2.24, 2.45) is 0 Å². The number of aromatic amines is 1. The number of likely N-dealkylation sites (tertiary alicyclic amines) is 1. The van der Waals surface area contributed by atoms with E-state index in [1.807, 2.05) is 27.8 Å². The number of nitrogens with zero attached hydrogens (tertiary/aromatic N) is 4. The first kappa shape index (κ1) is 14.7. The summed E-state index contributed by atoms with van der Waals surface area (Å²) < 4.78 is 7.64. The highest BCUT2D eigenvalue weighted by Crippen LogP contribution is 2.26. The van der Waals surface area contributed by atoms with Crippen LogP contribution >= 0.6 is 0 Å². The third kappa shape index (κ3) is 2.97. The molecule has 1 N–H and O–H groups in total. The number of nitrogens with one attached hydrogen (secondary N) is 1. The summed E-state index contributed by atoms with van der Waals surface area (Å²) in [6.45, 7) is 2.03. The Morgan fingerprint density at radius 2 is 2.29 bits per heavy atom. The normalized spacial score (nSPS) is 18.0. The number of carbonyl (C=O) groups excluding carboxylic acids is 1. The van der Waals surface area contributed by atoms with Gasteiger partial charge in [-0.15, -0.1) is 0 Å². The molecule has 4 rings (SSSR count). The standard InChI is InChI=1S/C17H19N5O2/c23-17(16-4-3-14(24-16)11-21-9-7-18-12-21)22-8-1-2-13(10-22)15-5-6-19-20-15/h3-7,9,12-13H,1-2,8,10-11H2,(H,19,20)/t13-/m0/s1. The SMILES string of the molecule is O=C(c1ccc(Cn2ccnc2)o1)N1CCC[C@H](c2ccn[nH]2)C1. The van der Waals surface area contributed by atoms with Crippen molar-refractivity contribution in [1.29, 1.82) is 0 Å². The van der Waals surface area contributed by atoms with Crippen LogP contribution in [0, 0.1) is 0 Å². The summed E-state index contributed by atoms with van der Waals surface area (Å²) in [6.07, 6.45) is 9.12. The molecular formula is C17H19N5O2. The maximum absolute atomic E-state index is 12.7. The number of carbonyl (C=O) groups is 1. The van der Waals surface area contributed by atoms with E-state index >= 15 is 0 Å². The molecule has 0 spiro atoms. The molecule has 7 heteroatoms. The summed E-state index contributed by atoms with van der Waals surface area (Å²) in [5.74, 6) is 1.41. The summed E-state index contributed by atoms with van der Waals surface area (Å²) in [5, 5.41) is 7.02. The van der Waals surface area contributed by atoms with E-state index in [4.69, 9.17) is 4.42 Å². The molecule has 3 aromatic heterocycles. The van der Waals surface area contributed by atoms with Gasteiger partial charge in [-0.3, -0.25) is 9.89 Å². The highest BCUT2D eigenvalue weighted by atomic mass is 16.4. The van der Waals surface area contributed by atoms with Crippen LogP contribution in [0.3, 0.4) is 0 Å². The third-order valence-corrected chi connectivity index (χ3v) is 4.44. The minimum atomic E-state index is -0.0453. The Hall–Kier alpha value is -2.83. The Morgan fingerprint density at radius 3 is 3.08 bits per heavy atom. The molecule has 0 saturated carbocycles. The van der Waals surface area contributed by atoms with Crippen LogP contribution in [0.15, 0.2) is 47.5 Å². The van der Waals surface area contributed by atoms with Crippen molar-refractivity contribution in [3.63, 3.8) is 0 Å². The van der Waals surface area contributed by atoms with Crippen molar-refractivity contribution in [2.75, 3.05) is 13.1 Å². The van der Waals surface area contributed by atoms with Crippen molar-refractivity contribution >= 4 is 5.91 Å². The van der Waals surface area contributed by atoms with E-state index in [-0.39, 0.29) is 5.91 Å². The molecule has 1 atom stereocenters. The van der Waals surface area contributed by atoms with Crippen LogP contribution in [-0.2, 0) is 6.54 Å². The molecule has 1 saturated heterocycles. The van der Waals surface area contributed by atoms with E-state index in [1.54, 1.807) is 24.8 Å². The average molecular weight is 325 g/mol. The molecule has 1 aliphatic rings. The Labute approximate surface area is 139 Å². The van der Waals surface area contributed by atoms with E-state index in [2.05, 4.69) is 15.2 Å². The average Bonchev–Trinajstić information content (AvgIpc) is 3.37. The smallest absolute Gasteiger partial charge is 0.289 e. The molecule has 4 heterocycles. The lowest BCUT2D eigenvalue weighted by Gasteiger charge is -2.31. The van der Waals surface area contributed by atoms with Crippen LogP contribution in [0.5, 0.6) is 0 Å². The first-order chi connectivity index (χ1) is 11.8. The Bertz CT molecular complexity index is 791. The van der Waals surface area contributed by atoms with Gasteiger partial charge in [-0.2, -0.15) is 5.10 Å². The van der Waals surface area contributed by atoms with Gasteiger partial charge >= 0.3 is 0 Å². The van der Waals surface area contributed by atoms with Gasteiger partial charge in [-0.05, 0) is 31.0 Å². The van der Waals surface area contributed by atoms with Crippen LogP contribution in [0.25, 0.3) is 0 Å². The number of imidazole rings is 1. The Morgan fingerprint density at radius 1 is 1.33 bits per heavy atom. The van der Waals surface area contributed by atoms with Gasteiger partial charge in [0.15, 0.2) is 5.76 Å². The van der Waals surface area contributed by atoms with Crippen molar-refractivity contribution < 1.29 is 9.21 Å². The molecule has 0 bridgehead atoms. The van der Waals surface area contributed by atoms with Crippen molar-refractivity contribution in [2.45, 2.75) is 25.3 Å². The zero-order chi connectivity index (χ0) is 16.4. The van der Waals surface area contributed by atoms with Gasteiger partial charge in [0.05, 0.1) is 12.9 Å². The Kier molecular flexibility index (Phi) is 3.90. The third-order valence-electron chi connectivity index (χ3n) is 4.44. The number of hydrogen-bond donors (Lipinski definition) is 1. The highest BCUT2D eigenvalue weighted by Gasteiger charge is 2.27. The molecule has 7 nitrogen and oxygen atoms in total. The summed E-state index contributed by atoms with van der Waals surface area (Å²) >= 11 is 0. The fraction of sp³-hybridized carbons (Fsp3) is 0.353. The van der Waals surface area contributed by atoms with Gasteiger partial charge in [0, 0.05) is 43.3 Å². The molecule has 1 aliphatic heterocycles. The number of amides is 1. The number of rotatable bonds is 4. The lowest BCUT2D eigenvalue weighted by molar-refractivity contribution is 0.0671. The number of H-pyrrole nitrogens is 1. The summed E-state index contributed by atoms with van der Waals surface area (Å²) in [7, 11) is 0. The molecule has 0 radical (unpaired) electrons. The van der Waals surface area contributed by atoms with E-state index in [9.17, 15) is 4.79 Å². The topological polar surface area (TPSA) is 79.9 Å². The molecule has 3 aromatic rings. The van der Waals surface area contributed by atoms with E-state index < -0.39 is 0 Å². The second kappa shape index (κ2) is 6.35. The van der Waals surface area contributed by atoms with Gasteiger partial charge < -0.3 is 13.9 Å². The highest BCUT2D eigenvalue weighted by molar-refractivity contribution is 5.91. The molecule has 124 valence electrons. The van der Waals surface area contributed by atoms with Crippen LogP contribution in [0.2, 0.25) is 0 Å². The lowest BCUT2D eigenvalue weighted by atomic mass is 9.95. The first-order valence-electron chi connectivity index (χ1n) is 8.12. The largest absolute Gasteiger partial charge is 0.454 e. The molecule has 24 heavy (non-hydrogen) atoms. The molecule has 1 fully saturated rings. The van der Waals surface area contributed by atoms with Crippen LogP contribution in [0.4, 0.5) is 0 Å². The van der Waals surface area contributed by atoms with Gasteiger partial charge in [0.2, 0.25) is 0 Å². The first-order valence-corrected chi connectivity index (χ1v) is 8.12. The fourth-order valence-corrected chi connectivity index (χ4v) is 3.20. The second-order valence-corrected chi connectivity index (χ2v) is 6.10. The fourth-order valence-electron chi connectivity index (χ4n) is 3.20. The maximum Gasteiger partial charge on any atom is 0.289 e. The van der Waals surface area contributed by atoms with Crippen LogP contribution in [-0.4, -0.2) is 43.6 Å². The number of piperidine rings is 1. The molecule has 0 aromatic carbocycles. The number of hydrogen-bond acceptors (Lipinski definition) is 4. The monoisotopic (exact) mass is 325 g/mol. The zero-order valence-corrected chi connectivity index (χ0v) is 13.3. The Balaban J connectivity index is 1.44. The van der Waals surface area contributed by atoms with Gasteiger partial charge in [-0.25, -0.2) is 4.98 Å². The summed E-state index contributed by atoms with van der Waals surface area (Å²) in [5.41, 5.74) is 1.09. The van der Waals surface area contributed by atoms with E-state index in [1.165, 1.54) is 0 Å². The van der Waals surface area contributed by atoms with Crippen molar-refractivity contribution in [1.82, 2.24) is 24.6 Å². The molecule has 1 amide bonds. The van der Waals surface area contributed by atoms with Gasteiger partial charge in [0.25, 0.3) is 5.91 Å². The second-order valence-electron chi connectivity index (χ2n) is 6.10. The minimum absolute atomic E-state index is 0.0453. The van der Waals surface area contributed by atoms with E-state index in [0.29, 0.717) is 24.8 Å². The predicted molar refractivity (Wildman–Crippen MR) is 86.5 cm³/mol. The maximum atomic E-state index is 12.7. The quantitative estimate of drug-likeness (QED) is 0.798. The van der Waals surface area contributed by atoms with Gasteiger partial charge in [-0.1, -0.05) is 0 Å². The molecule has 0 unspecified atom stereocenters. The lowest BCUT2D eigenvalue weighted by Crippen LogP contribution is -2.39. The minimum Gasteiger partial charge on any atom is -0.454 e. The predicted octanol–water partition coefficient (Wildman–Crippen LogP) is 2.27. The van der Waals surface area contributed by atoms with E-state index in [0.717, 1.165) is 30.8 Å². The number of aromatic nitrogens is 4. The van der Waals surface area contributed by atoms with Crippen molar-refractivity contribution in [3.8, 4) is 0 Å². The summed E-state index contributed by atoms with van der Waals surface area (Å²) in [6, 6.07) is 5.59. The molecular weight excluding hydrogens is 306 g/mol. The van der Waals surface area contributed by atoms with Crippen LogP contribution < -0.4 is 0 Å². The van der Waals surface area contributed by atoms with Crippen LogP contribution in [0.1, 0.15) is 40.8 Å².